The fourth-order valence-corrected chi connectivity index (χ4v) is 13.9. The number of phosphoric ester groups is 2. The predicted molar refractivity (Wildman–Crippen MR) is 405 cm³/mol. The number of hydrogen-bond donors (Lipinski definition) is 3. The topological polar surface area (TPSA) is 237 Å². The Morgan fingerprint density at radius 1 is 0.273 bits per heavy atom. The van der Waals surface area contributed by atoms with Crippen LogP contribution >= 0.6 is 15.6 Å². The summed E-state index contributed by atoms with van der Waals surface area (Å²) in [5.74, 6) is 0.266. The van der Waals surface area contributed by atoms with Crippen molar-refractivity contribution in [2.45, 2.75) is 433 Å². The molecule has 0 saturated heterocycles. The second-order valence-electron chi connectivity index (χ2n) is 30.2. The molecule has 0 aliphatic rings. The van der Waals surface area contributed by atoms with Crippen molar-refractivity contribution in [2.24, 2.45) is 17.8 Å². The summed E-state index contributed by atoms with van der Waals surface area (Å²) in [6.07, 6.45) is 58.2. The summed E-state index contributed by atoms with van der Waals surface area (Å²) in [7, 11) is -9.92. The monoisotopic (exact) mass is 1450 g/mol. The van der Waals surface area contributed by atoms with Crippen LogP contribution in [-0.2, 0) is 65.4 Å². The third-order valence-electron chi connectivity index (χ3n) is 18.6. The van der Waals surface area contributed by atoms with Crippen LogP contribution in [0.3, 0.4) is 0 Å². The number of unbranched alkanes of at least 4 members (excludes halogenated alkanes) is 46. The first kappa shape index (κ1) is 97.1. The van der Waals surface area contributed by atoms with E-state index in [1.165, 1.54) is 225 Å². The number of aliphatic hydroxyl groups excluding tert-OH is 1. The van der Waals surface area contributed by atoms with E-state index in [0.29, 0.717) is 25.7 Å². The lowest BCUT2D eigenvalue weighted by Gasteiger charge is -2.21. The summed E-state index contributed by atoms with van der Waals surface area (Å²) in [4.78, 5) is 72.9. The highest BCUT2D eigenvalue weighted by Crippen LogP contribution is 2.45. The van der Waals surface area contributed by atoms with Crippen LogP contribution in [0.15, 0.2) is 0 Å². The molecular weight excluding hydrogens is 1290 g/mol. The van der Waals surface area contributed by atoms with Crippen molar-refractivity contribution in [3.8, 4) is 0 Å². The maximum atomic E-state index is 13.1. The molecular formula is C80H156O17P2. The number of esters is 4. The highest BCUT2D eigenvalue weighted by molar-refractivity contribution is 7.47. The Kier molecular flexibility index (Phi) is 69.0. The Labute approximate surface area is 607 Å². The van der Waals surface area contributed by atoms with Gasteiger partial charge in [0.1, 0.15) is 19.3 Å². The van der Waals surface area contributed by atoms with Crippen LogP contribution in [0.1, 0.15) is 414 Å². The van der Waals surface area contributed by atoms with Crippen LogP contribution in [0.2, 0.25) is 0 Å². The molecule has 99 heavy (non-hydrogen) atoms. The number of hydrogen-bond acceptors (Lipinski definition) is 15. The first-order valence-electron chi connectivity index (χ1n) is 41.3. The van der Waals surface area contributed by atoms with Crippen molar-refractivity contribution in [1.82, 2.24) is 0 Å². The summed E-state index contributed by atoms with van der Waals surface area (Å²) >= 11 is 0. The Morgan fingerprint density at radius 2 is 0.465 bits per heavy atom. The number of carbonyl (C=O) groups excluding carboxylic acids is 4. The molecule has 0 heterocycles. The van der Waals surface area contributed by atoms with Gasteiger partial charge in [-0.3, -0.25) is 37.3 Å². The normalized spacial score (nSPS) is 14.0. The van der Waals surface area contributed by atoms with Gasteiger partial charge in [0.2, 0.25) is 0 Å². The summed E-state index contributed by atoms with van der Waals surface area (Å²) in [6.45, 7) is 12.0. The Bertz CT molecular complexity index is 1920. The summed E-state index contributed by atoms with van der Waals surface area (Å²) in [6, 6.07) is 0. The van der Waals surface area contributed by atoms with E-state index in [0.717, 1.165) is 108 Å². The SMILES string of the molecule is CCCCCCCCCCCC(=O)OC[C@H](COP(=O)(O)OC[C@H](O)COP(=O)(O)OC[C@@H](COC(=O)CCCCCCCCCCCCCCCCC(C)C)OC(=O)CCCCCCCCCCCCCCCCCC(C)C)OC(=O)CCCCCCCCCCCCCCC(C)C. The lowest BCUT2D eigenvalue weighted by molar-refractivity contribution is -0.161. The van der Waals surface area contributed by atoms with Gasteiger partial charge in [0.25, 0.3) is 0 Å². The minimum atomic E-state index is -4.96. The molecule has 3 N–H and O–H groups in total. The van der Waals surface area contributed by atoms with E-state index >= 15 is 0 Å². The molecule has 0 aliphatic heterocycles. The van der Waals surface area contributed by atoms with Gasteiger partial charge >= 0.3 is 39.5 Å². The number of carbonyl (C=O) groups is 4. The molecule has 0 aliphatic carbocycles. The molecule has 0 fully saturated rings. The van der Waals surface area contributed by atoms with Gasteiger partial charge in [-0.05, 0) is 43.4 Å². The highest BCUT2D eigenvalue weighted by atomic mass is 31.2. The van der Waals surface area contributed by atoms with Crippen LogP contribution in [0.4, 0.5) is 0 Å². The van der Waals surface area contributed by atoms with Gasteiger partial charge in [-0.1, -0.05) is 363 Å². The van der Waals surface area contributed by atoms with Crippen LogP contribution in [0.5, 0.6) is 0 Å². The maximum Gasteiger partial charge on any atom is 0.472 e. The van der Waals surface area contributed by atoms with Crippen LogP contribution in [0.25, 0.3) is 0 Å². The quantitative estimate of drug-likeness (QED) is 0.0222. The van der Waals surface area contributed by atoms with E-state index in [-0.39, 0.29) is 25.7 Å². The van der Waals surface area contributed by atoms with Crippen molar-refractivity contribution in [3.63, 3.8) is 0 Å². The zero-order valence-electron chi connectivity index (χ0n) is 65.0. The fraction of sp³-hybridized carbons (Fsp3) is 0.950. The Balaban J connectivity index is 5.23. The van der Waals surface area contributed by atoms with Crippen molar-refractivity contribution in [2.75, 3.05) is 39.6 Å². The predicted octanol–water partition coefficient (Wildman–Crippen LogP) is 23.7. The molecule has 0 bridgehead atoms. The molecule has 0 spiro atoms. The molecule has 0 rings (SSSR count). The molecule has 2 unspecified atom stereocenters. The third-order valence-corrected chi connectivity index (χ3v) is 20.5. The lowest BCUT2D eigenvalue weighted by atomic mass is 10.0. The molecule has 0 saturated carbocycles. The van der Waals surface area contributed by atoms with Crippen molar-refractivity contribution in [1.29, 1.82) is 0 Å². The van der Waals surface area contributed by atoms with E-state index in [2.05, 4.69) is 48.5 Å². The maximum absolute atomic E-state index is 13.1. The Hall–Kier alpha value is -1.94. The Morgan fingerprint density at radius 3 is 0.687 bits per heavy atom. The number of ether oxygens (including phenoxy) is 4. The molecule has 17 nitrogen and oxygen atoms in total. The standard InChI is InChI=1S/C80H156O17P2/c1-8-9-10-11-12-30-40-47-54-61-77(82)90-67-75(96-80(85)64-57-50-43-36-29-23-22-26-33-39-46-53-60-73(6)7)69-94-98(86,87)92-65-74(81)66-93-99(88,89)95-70-76(68-91-78(83)62-55-48-41-34-27-20-17-16-19-25-32-38-45-52-59-72(4)5)97-79(84)63-56-49-42-35-28-21-15-13-14-18-24-31-37-44-51-58-71(2)3/h71-76,81H,8-70H2,1-7H3,(H,86,87)(H,88,89)/t74-,75+,76+/m0/s1. The average Bonchev–Trinajstić information content (AvgIpc) is 1.06. The van der Waals surface area contributed by atoms with Gasteiger partial charge in [0, 0.05) is 25.7 Å². The first-order chi connectivity index (χ1) is 47.7. The molecule has 588 valence electrons. The van der Waals surface area contributed by atoms with Crippen LogP contribution in [-0.4, -0.2) is 96.7 Å². The smallest absolute Gasteiger partial charge is 0.462 e. The molecule has 19 heteroatoms. The lowest BCUT2D eigenvalue weighted by Crippen LogP contribution is -2.30. The largest absolute Gasteiger partial charge is 0.472 e. The van der Waals surface area contributed by atoms with Crippen molar-refractivity contribution < 1.29 is 80.2 Å². The second kappa shape index (κ2) is 70.4. The van der Waals surface area contributed by atoms with E-state index in [4.69, 9.17) is 37.0 Å². The number of aliphatic hydroxyl groups is 1. The van der Waals surface area contributed by atoms with E-state index in [1.807, 2.05) is 0 Å². The van der Waals surface area contributed by atoms with Crippen LogP contribution < -0.4 is 0 Å². The first-order valence-corrected chi connectivity index (χ1v) is 44.3. The zero-order chi connectivity index (χ0) is 73.0. The molecule has 0 radical (unpaired) electrons. The van der Waals surface area contributed by atoms with Gasteiger partial charge in [-0.25, -0.2) is 9.13 Å². The summed E-state index contributed by atoms with van der Waals surface area (Å²) < 4.78 is 68.7. The number of rotatable bonds is 78. The zero-order valence-corrected chi connectivity index (χ0v) is 66.8. The summed E-state index contributed by atoms with van der Waals surface area (Å²) in [5, 5.41) is 10.6. The van der Waals surface area contributed by atoms with Gasteiger partial charge in [-0.2, -0.15) is 0 Å². The molecule has 0 aromatic carbocycles. The molecule has 0 aromatic rings. The van der Waals surface area contributed by atoms with Gasteiger partial charge in [0.15, 0.2) is 12.2 Å². The minimum Gasteiger partial charge on any atom is -0.462 e. The van der Waals surface area contributed by atoms with Crippen molar-refractivity contribution >= 4 is 39.5 Å². The van der Waals surface area contributed by atoms with Crippen molar-refractivity contribution in [3.05, 3.63) is 0 Å². The molecule has 0 amide bonds. The highest BCUT2D eigenvalue weighted by Gasteiger charge is 2.30. The van der Waals surface area contributed by atoms with E-state index in [9.17, 15) is 43.2 Å². The van der Waals surface area contributed by atoms with Crippen LogP contribution in [0, 0.1) is 17.8 Å². The number of phosphoric acid groups is 2. The van der Waals surface area contributed by atoms with Gasteiger partial charge in [0.05, 0.1) is 26.4 Å². The minimum absolute atomic E-state index is 0.107. The molecule has 0 aromatic heterocycles. The van der Waals surface area contributed by atoms with Gasteiger partial charge < -0.3 is 33.8 Å². The average molecular weight is 1450 g/mol. The van der Waals surface area contributed by atoms with Gasteiger partial charge in [-0.15, -0.1) is 0 Å². The fourth-order valence-electron chi connectivity index (χ4n) is 12.3. The van der Waals surface area contributed by atoms with E-state index in [1.54, 1.807) is 0 Å². The molecule has 5 atom stereocenters. The second-order valence-corrected chi connectivity index (χ2v) is 33.1. The summed E-state index contributed by atoms with van der Waals surface area (Å²) in [5.41, 5.74) is 0. The third kappa shape index (κ3) is 74.1. The van der Waals surface area contributed by atoms with E-state index < -0.39 is 97.5 Å².